The first-order chi connectivity index (χ1) is 15.6. The number of hydrogen-bond acceptors (Lipinski definition) is 6. The zero-order valence-corrected chi connectivity index (χ0v) is 17.8. The number of anilines is 5. The molecule has 0 aliphatic rings. The highest BCUT2D eigenvalue weighted by atomic mass is 16.5. The maximum Gasteiger partial charge on any atom is 0.255 e. The molecule has 4 rings (SSSR count). The first kappa shape index (κ1) is 20.9. The Bertz CT molecular complexity index is 1210. The summed E-state index contributed by atoms with van der Waals surface area (Å²) in [4.78, 5) is 21.5. The number of nitrogens with one attached hydrogen (secondary N) is 3. The minimum atomic E-state index is -0.205. The number of rotatable bonds is 7. The number of ether oxygens (including phenoxy) is 1. The van der Waals surface area contributed by atoms with Crippen LogP contribution in [0.3, 0.4) is 0 Å². The number of aromatic nitrogens is 2. The number of hydrogen-bond donors (Lipinski definition) is 3. The van der Waals surface area contributed by atoms with Crippen LogP contribution in [0.5, 0.6) is 5.75 Å². The summed E-state index contributed by atoms with van der Waals surface area (Å²) in [6.45, 7) is 1.92. The predicted octanol–water partition coefficient (Wildman–Crippen LogP) is 5.53. The molecule has 0 bridgehead atoms. The van der Waals surface area contributed by atoms with Gasteiger partial charge in [-0.15, -0.1) is 0 Å². The zero-order valence-electron chi connectivity index (χ0n) is 17.8. The van der Waals surface area contributed by atoms with Crippen LogP contribution >= 0.6 is 0 Å². The van der Waals surface area contributed by atoms with Crippen molar-refractivity contribution in [2.75, 3.05) is 23.1 Å². The van der Waals surface area contributed by atoms with Crippen molar-refractivity contribution in [2.45, 2.75) is 6.92 Å². The lowest BCUT2D eigenvalue weighted by molar-refractivity contribution is 0.102. The average molecular weight is 425 g/mol. The smallest absolute Gasteiger partial charge is 0.255 e. The molecular weight excluding hydrogens is 402 g/mol. The lowest BCUT2D eigenvalue weighted by atomic mass is 10.2. The standard InChI is InChI=1S/C25H23N5O2/c1-17-15-23(27-19-8-4-3-5-9-19)30-25(26-17)29-21-13-11-20(12-14-21)28-24(31)18-7-6-10-22(16-18)32-2/h3-16H,1-2H3,(H,28,31)(H2,26,27,29,30). The van der Waals surface area contributed by atoms with Gasteiger partial charge in [-0.05, 0) is 61.5 Å². The lowest BCUT2D eigenvalue weighted by Gasteiger charge is -2.11. The van der Waals surface area contributed by atoms with Crippen LogP contribution in [0.2, 0.25) is 0 Å². The topological polar surface area (TPSA) is 88.2 Å². The summed E-state index contributed by atoms with van der Waals surface area (Å²) in [5, 5.41) is 9.37. The lowest BCUT2D eigenvalue weighted by Crippen LogP contribution is -2.11. The third kappa shape index (κ3) is 5.40. The highest BCUT2D eigenvalue weighted by Crippen LogP contribution is 2.21. The van der Waals surface area contributed by atoms with Gasteiger partial charge < -0.3 is 20.7 Å². The van der Waals surface area contributed by atoms with Gasteiger partial charge in [-0.3, -0.25) is 4.79 Å². The fraction of sp³-hybridized carbons (Fsp3) is 0.0800. The quantitative estimate of drug-likeness (QED) is 0.361. The molecule has 1 heterocycles. The predicted molar refractivity (Wildman–Crippen MR) is 127 cm³/mol. The molecule has 0 unspecified atom stereocenters. The second-order valence-electron chi connectivity index (χ2n) is 7.10. The van der Waals surface area contributed by atoms with Crippen LogP contribution in [0.15, 0.2) is 84.9 Å². The van der Waals surface area contributed by atoms with Crippen molar-refractivity contribution in [3.8, 4) is 5.75 Å². The second-order valence-corrected chi connectivity index (χ2v) is 7.10. The molecule has 3 N–H and O–H groups in total. The van der Waals surface area contributed by atoms with E-state index in [1.54, 1.807) is 31.4 Å². The van der Waals surface area contributed by atoms with Gasteiger partial charge in [0.15, 0.2) is 0 Å². The Morgan fingerprint density at radius 2 is 1.50 bits per heavy atom. The van der Waals surface area contributed by atoms with Crippen molar-refractivity contribution in [1.29, 1.82) is 0 Å². The van der Waals surface area contributed by atoms with Gasteiger partial charge in [-0.25, -0.2) is 4.98 Å². The Morgan fingerprint density at radius 1 is 0.781 bits per heavy atom. The van der Waals surface area contributed by atoms with Crippen molar-refractivity contribution >= 4 is 34.7 Å². The molecule has 1 aromatic heterocycles. The maximum atomic E-state index is 12.5. The van der Waals surface area contributed by atoms with E-state index in [0.717, 1.165) is 17.1 Å². The van der Waals surface area contributed by atoms with E-state index in [2.05, 4.69) is 25.9 Å². The Morgan fingerprint density at radius 3 is 2.25 bits per heavy atom. The van der Waals surface area contributed by atoms with E-state index in [-0.39, 0.29) is 5.91 Å². The van der Waals surface area contributed by atoms with Gasteiger partial charge in [-0.1, -0.05) is 24.3 Å². The van der Waals surface area contributed by atoms with Crippen LogP contribution in [0, 0.1) is 6.92 Å². The number of nitrogens with zero attached hydrogens (tertiary/aromatic N) is 2. The number of benzene rings is 3. The molecule has 7 nitrogen and oxygen atoms in total. The number of carbonyl (C=O) groups is 1. The molecular formula is C25H23N5O2. The molecule has 1 amide bonds. The first-order valence-corrected chi connectivity index (χ1v) is 10.1. The summed E-state index contributed by atoms with van der Waals surface area (Å²) in [5.74, 6) is 1.62. The molecule has 32 heavy (non-hydrogen) atoms. The molecule has 0 saturated carbocycles. The van der Waals surface area contributed by atoms with Crippen LogP contribution in [0.1, 0.15) is 16.1 Å². The third-order valence-corrected chi connectivity index (χ3v) is 4.63. The Labute approximate surface area is 186 Å². The summed E-state index contributed by atoms with van der Waals surface area (Å²) in [6, 6.07) is 26.1. The molecule has 0 fully saturated rings. The van der Waals surface area contributed by atoms with E-state index < -0.39 is 0 Å². The normalized spacial score (nSPS) is 10.3. The van der Waals surface area contributed by atoms with E-state index in [1.165, 1.54) is 0 Å². The number of methoxy groups -OCH3 is 1. The van der Waals surface area contributed by atoms with Gasteiger partial charge in [0.1, 0.15) is 11.6 Å². The van der Waals surface area contributed by atoms with Gasteiger partial charge >= 0.3 is 0 Å². The molecule has 7 heteroatoms. The van der Waals surface area contributed by atoms with Gasteiger partial charge in [0.05, 0.1) is 7.11 Å². The summed E-state index contributed by atoms with van der Waals surface area (Å²) >= 11 is 0. The molecule has 0 radical (unpaired) electrons. The van der Waals surface area contributed by atoms with Gasteiger partial charge in [-0.2, -0.15) is 4.98 Å². The molecule has 0 aliphatic carbocycles. The number of para-hydroxylation sites is 1. The fourth-order valence-corrected chi connectivity index (χ4v) is 3.09. The van der Waals surface area contributed by atoms with Crippen LogP contribution in [0.4, 0.5) is 28.8 Å². The fourth-order valence-electron chi connectivity index (χ4n) is 3.09. The molecule has 0 aliphatic heterocycles. The number of amides is 1. The van der Waals surface area contributed by atoms with Crippen molar-refractivity contribution in [1.82, 2.24) is 9.97 Å². The van der Waals surface area contributed by atoms with E-state index in [4.69, 9.17) is 4.74 Å². The van der Waals surface area contributed by atoms with E-state index in [9.17, 15) is 4.79 Å². The average Bonchev–Trinajstić information content (AvgIpc) is 2.80. The second kappa shape index (κ2) is 9.61. The van der Waals surface area contributed by atoms with E-state index in [1.807, 2.05) is 67.6 Å². The Kier molecular flexibility index (Phi) is 6.27. The van der Waals surface area contributed by atoms with Gasteiger partial charge in [0.25, 0.3) is 5.91 Å². The molecule has 160 valence electrons. The molecule has 0 atom stereocenters. The van der Waals surface area contributed by atoms with Crippen LogP contribution in [-0.2, 0) is 0 Å². The monoisotopic (exact) mass is 425 g/mol. The molecule has 3 aromatic carbocycles. The van der Waals surface area contributed by atoms with Crippen molar-refractivity contribution in [2.24, 2.45) is 0 Å². The molecule has 0 spiro atoms. The number of carbonyl (C=O) groups excluding carboxylic acids is 1. The van der Waals surface area contributed by atoms with Gasteiger partial charge in [0, 0.05) is 34.4 Å². The zero-order chi connectivity index (χ0) is 22.3. The largest absolute Gasteiger partial charge is 0.497 e. The summed E-state index contributed by atoms with van der Waals surface area (Å²) in [7, 11) is 1.57. The van der Waals surface area contributed by atoms with Crippen LogP contribution in [-0.4, -0.2) is 23.0 Å². The Balaban J connectivity index is 1.43. The first-order valence-electron chi connectivity index (χ1n) is 10.1. The van der Waals surface area contributed by atoms with Crippen LogP contribution < -0.4 is 20.7 Å². The van der Waals surface area contributed by atoms with Crippen molar-refractivity contribution in [3.63, 3.8) is 0 Å². The van der Waals surface area contributed by atoms with Crippen LogP contribution in [0.25, 0.3) is 0 Å². The van der Waals surface area contributed by atoms with E-state index >= 15 is 0 Å². The maximum absolute atomic E-state index is 12.5. The highest BCUT2D eigenvalue weighted by Gasteiger charge is 2.08. The minimum Gasteiger partial charge on any atom is -0.497 e. The summed E-state index contributed by atoms with van der Waals surface area (Å²) in [5.41, 5.74) is 3.80. The van der Waals surface area contributed by atoms with E-state index in [0.29, 0.717) is 28.8 Å². The summed E-state index contributed by atoms with van der Waals surface area (Å²) < 4.78 is 5.17. The molecule has 4 aromatic rings. The summed E-state index contributed by atoms with van der Waals surface area (Å²) in [6.07, 6.45) is 0. The Hall–Kier alpha value is -4.39. The SMILES string of the molecule is COc1cccc(C(=O)Nc2ccc(Nc3nc(C)cc(Nc4ccccc4)n3)cc2)c1. The molecule has 0 saturated heterocycles. The van der Waals surface area contributed by atoms with Crippen molar-refractivity contribution < 1.29 is 9.53 Å². The van der Waals surface area contributed by atoms with Gasteiger partial charge in [0.2, 0.25) is 5.95 Å². The minimum absolute atomic E-state index is 0.205. The highest BCUT2D eigenvalue weighted by molar-refractivity contribution is 6.04. The number of aryl methyl sites for hydroxylation is 1. The third-order valence-electron chi connectivity index (χ3n) is 4.63. The van der Waals surface area contributed by atoms with Crippen molar-refractivity contribution in [3.05, 3.63) is 96.2 Å².